The lowest BCUT2D eigenvalue weighted by Crippen LogP contribution is -2.44. The van der Waals surface area contributed by atoms with Crippen molar-refractivity contribution in [2.24, 2.45) is 0 Å². The first-order chi connectivity index (χ1) is 22.9. The van der Waals surface area contributed by atoms with Crippen molar-refractivity contribution < 1.29 is 23.4 Å². The molecular formula is C41H53NO5Si. The molecule has 0 radical (unpaired) electrons. The number of rotatable bonds is 17. The number of nitrogens with one attached hydrogen (secondary N) is 1. The third kappa shape index (κ3) is 11.7. The molecule has 6 nitrogen and oxygen atoms in total. The second kappa shape index (κ2) is 17.5. The van der Waals surface area contributed by atoms with Gasteiger partial charge >= 0.3 is 5.97 Å². The van der Waals surface area contributed by atoms with E-state index in [0.29, 0.717) is 32.6 Å². The Balaban J connectivity index is 1.56. The average molecular weight is 668 g/mol. The minimum atomic E-state index is -2.16. The maximum Gasteiger partial charge on any atom is 0.305 e. The van der Waals surface area contributed by atoms with Gasteiger partial charge in [-0.25, -0.2) is 0 Å². The van der Waals surface area contributed by atoms with E-state index in [1.807, 2.05) is 42.5 Å². The van der Waals surface area contributed by atoms with Gasteiger partial charge in [0, 0.05) is 25.1 Å². The van der Waals surface area contributed by atoms with E-state index in [4.69, 9.17) is 18.6 Å². The third-order valence-electron chi connectivity index (χ3n) is 9.04. The SMILES string of the molecule is COC(=O)CCc1cccc(CC(C)NCC(O[Si](C)(C)C(C)(C)C)c2cc(OCc3ccccc3)cc(OCc3ccccc3)c2)c1. The highest BCUT2D eigenvalue weighted by Crippen LogP contribution is 2.40. The van der Waals surface area contributed by atoms with Gasteiger partial charge in [0.15, 0.2) is 8.32 Å². The molecule has 0 amide bonds. The molecule has 4 rings (SSSR count). The van der Waals surface area contributed by atoms with E-state index in [9.17, 15) is 4.79 Å². The van der Waals surface area contributed by atoms with E-state index in [2.05, 4.69) is 107 Å². The molecule has 4 aromatic carbocycles. The second-order valence-corrected chi connectivity index (χ2v) is 18.8. The van der Waals surface area contributed by atoms with Crippen molar-refractivity contribution in [3.63, 3.8) is 0 Å². The summed E-state index contributed by atoms with van der Waals surface area (Å²) in [7, 11) is -0.731. The smallest absolute Gasteiger partial charge is 0.305 e. The molecule has 0 aromatic heterocycles. The van der Waals surface area contributed by atoms with Crippen LogP contribution in [0.2, 0.25) is 18.1 Å². The zero-order valence-corrected chi connectivity index (χ0v) is 30.8. The molecule has 2 unspecified atom stereocenters. The minimum absolute atomic E-state index is 0.0373. The first-order valence-corrected chi connectivity index (χ1v) is 19.9. The molecule has 0 heterocycles. The molecule has 0 aliphatic heterocycles. The number of carbonyl (C=O) groups excluding carboxylic acids is 1. The number of carbonyl (C=O) groups is 1. The van der Waals surface area contributed by atoms with Gasteiger partial charge in [-0.15, -0.1) is 0 Å². The molecule has 256 valence electrons. The lowest BCUT2D eigenvalue weighted by atomic mass is 10.0. The van der Waals surface area contributed by atoms with Crippen LogP contribution >= 0.6 is 0 Å². The highest BCUT2D eigenvalue weighted by molar-refractivity contribution is 6.74. The van der Waals surface area contributed by atoms with E-state index in [1.165, 1.54) is 12.7 Å². The van der Waals surface area contributed by atoms with Gasteiger partial charge < -0.3 is 24.0 Å². The van der Waals surface area contributed by atoms with Crippen LogP contribution in [0.3, 0.4) is 0 Å². The number of benzene rings is 4. The van der Waals surface area contributed by atoms with Gasteiger partial charge in [0.25, 0.3) is 0 Å². The first kappa shape index (κ1) is 36.9. The molecular weight excluding hydrogens is 615 g/mol. The van der Waals surface area contributed by atoms with Crippen molar-refractivity contribution in [2.45, 2.75) is 90.4 Å². The number of hydrogen-bond donors (Lipinski definition) is 1. The fourth-order valence-electron chi connectivity index (χ4n) is 5.18. The summed E-state index contributed by atoms with van der Waals surface area (Å²) in [5.74, 6) is 1.31. The maximum atomic E-state index is 11.7. The van der Waals surface area contributed by atoms with Gasteiger partial charge in [0.2, 0.25) is 0 Å². The largest absolute Gasteiger partial charge is 0.489 e. The highest BCUT2D eigenvalue weighted by atomic mass is 28.4. The Labute approximate surface area is 288 Å². The number of esters is 1. The van der Waals surface area contributed by atoms with Crippen LogP contribution in [0.25, 0.3) is 0 Å². The number of hydrogen-bond acceptors (Lipinski definition) is 6. The molecule has 2 atom stereocenters. The summed E-state index contributed by atoms with van der Waals surface area (Å²) in [6.45, 7) is 15.2. The molecule has 0 aliphatic rings. The Bertz CT molecular complexity index is 1510. The Morgan fingerprint density at radius 1 is 0.750 bits per heavy atom. The Morgan fingerprint density at radius 2 is 1.29 bits per heavy atom. The Kier molecular flexibility index (Phi) is 13.4. The predicted octanol–water partition coefficient (Wildman–Crippen LogP) is 9.23. The molecule has 0 saturated carbocycles. The van der Waals surface area contributed by atoms with Crippen molar-refractivity contribution in [1.82, 2.24) is 5.32 Å². The maximum absolute atomic E-state index is 11.7. The van der Waals surface area contributed by atoms with Crippen LogP contribution in [0.15, 0.2) is 103 Å². The number of ether oxygens (including phenoxy) is 3. The van der Waals surface area contributed by atoms with Crippen molar-refractivity contribution >= 4 is 14.3 Å². The van der Waals surface area contributed by atoms with Crippen LogP contribution in [0, 0.1) is 0 Å². The van der Waals surface area contributed by atoms with Gasteiger partial charge in [-0.05, 0) is 77.8 Å². The van der Waals surface area contributed by atoms with Crippen molar-refractivity contribution in [3.05, 3.63) is 131 Å². The number of aryl methyl sites for hydroxylation is 1. The van der Waals surface area contributed by atoms with Gasteiger partial charge in [-0.3, -0.25) is 4.79 Å². The minimum Gasteiger partial charge on any atom is -0.489 e. The Hall–Kier alpha value is -3.91. The average Bonchev–Trinajstić information content (AvgIpc) is 3.07. The first-order valence-electron chi connectivity index (χ1n) is 17.0. The zero-order valence-electron chi connectivity index (χ0n) is 29.8. The topological polar surface area (TPSA) is 66.0 Å². The monoisotopic (exact) mass is 667 g/mol. The fourth-order valence-corrected chi connectivity index (χ4v) is 6.47. The summed E-state index contributed by atoms with van der Waals surface area (Å²) < 4.78 is 24.7. The summed E-state index contributed by atoms with van der Waals surface area (Å²) in [5.41, 5.74) is 5.60. The molecule has 0 saturated heterocycles. The highest BCUT2D eigenvalue weighted by Gasteiger charge is 2.39. The third-order valence-corrected chi connectivity index (χ3v) is 13.5. The van der Waals surface area contributed by atoms with E-state index < -0.39 is 8.32 Å². The summed E-state index contributed by atoms with van der Waals surface area (Å²) in [5, 5.41) is 3.82. The van der Waals surface area contributed by atoms with E-state index >= 15 is 0 Å². The van der Waals surface area contributed by atoms with Crippen LogP contribution in [0.5, 0.6) is 11.5 Å². The molecule has 0 spiro atoms. The van der Waals surface area contributed by atoms with Crippen LogP contribution < -0.4 is 14.8 Å². The van der Waals surface area contributed by atoms with Gasteiger partial charge in [0.05, 0.1) is 13.2 Å². The fraction of sp³-hybridized carbons (Fsp3) is 0.390. The quantitative estimate of drug-likeness (QED) is 0.0895. The van der Waals surface area contributed by atoms with Crippen LogP contribution in [0.4, 0.5) is 0 Å². The number of methoxy groups -OCH3 is 1. The second-order valence-electron chi connectivity index (χ2n) is 14.1. The zero-order chi connectivity index (χ0) is 34.6. The lowest BCUT2D eigenvalue weighted by Gasteiger charge is -2.40. The molecule has 1 N–H and O–H groups in total. The van der Waals surface area contributed by atoms with Crippen LogP contribution in [-0.2, 0) is 40.0 Å². The standard InChI is InChI=1S/C41H53NO5Si/c1-31(23-35-20-14-19-32(24-35)21-22-40(43)44-5)42-28-39(47-48(6,7)41(2,3)4)36-25-37(45-29-33-15-10-8-11-16-33)27-38(26-36)46-30-34-17-12-9-13-18-34/h8-20,24-27,31,39,42H,21-23,28-30H2,1-7H3. The lowest BCUT2D eigenvalue weighted by molar-refractivity contribution is -0.140. The van der Waals surface area contributed by atoms with Crippen LogP contribution in [-0.4, -0.2) is 34.0 Å². The summed E-state index contributed by atoms with van der Waals surface area (Å²) >= 11 is 0. The van der Waals surface area contributed by atoms with Gasteiger partial charge in [-0.2, -0.15) is 0 Å². The summed E-state index contributed by atoms with van der Waals surface area (Å²) in [6, 6.07) is 35.2. The Morgan fingerprint density at radius 3 is 1.83 bits per heavy atom. The van der Waals surface area contributed by atoms with Crippen LogP contribution in [0.1, 0.15) is 68.0 Å². The molecule has 0 fully saturated rings. The molecule has 0 aliphatic carbocycles. The molecule has 0 bridgehead atoms. The van der Waals surface area contributed by atoms with E-state index in [0.717, 1.165) is 40.2 Å². The molecule has 48 heavy (non-hydrogen) atoms. The van der Waals surface area contributed by atoms with E-state index in [1.54, 1.807) is 0 Å². The van der Waals surface area contributed by atoms with Crippen molar-refractivity contribution in [3.8, 4) is 11.5 Å². The van der Waals surface area contributed by atoms with Gasteiger partial charge in [0.1, 0.15) is 24.7 Å². The molecule has 7 heteroatoms. The summed E-state index contributed by atoms with van der Waals surface area (Å²) in [6.07, 6.45) is 1.69. The normalized spacial score (nSPS) is 13.1. The van der Waals surface area contributed by atoms with Crippen molar-refractivity contribution in [2.75, 3.05) is 13.7 Å². The molecule has 4 aromatic rings. The summed E-state index contributed by atoms with van der Waals surface area (Å²) in [4.78, 5) is 11.7. The van der Waals surface area contributed by atoms with Gasteiger partial charge in [-0.1, -0.05) is 106 Å². The van der Waals surface area contributed by atoms with E-state index in [-0.39, 0.29) is 23.2 Å². The predicted molar refractivity (Wildman–Crippen MR) is 197 cm³/mol. The van der Waals surface area contributed by atoms with Crippen molar-refractivity contribution in [1.29, 1.82) is 0 Å².